The number of rotatable bonds is 5. The van der Waals surface area contributed by atoms with Gasteiger partial charge in [0, 0.05) is 42.3 Å². The number of Topliss-reactive ketones (excluding diaryl/α,β-unsaturated/α-hetero) is 1. The van der Waals surface area contributed by atoms with Crippen molar-refractivity contribution < 1.29 is 19.3 Å². The van der Waals surface area contributed by atoms with Gasteiger partial charge in [0.05, 0.1) is 18.1 Å². The van der Waals surface area contributed by atoms with Gasteiger partial charge in [-0.05, 0) is 23.5 Å². The lowest BCUT2D eigenvalue weighted by Crippen LogP contribution is -2.43. The van der Waals surface area contributed by atoms with Gasteiger partial charge in [-0.1, -0.05) is 50.3 Å². The summed E-state index contributed by atoms with van der Waals surface area (Å²) < 4.78 is 5.69. The second-order valence-corrected chi connectivity index (χ2v) is 9.06. The molecule has 31 heavy (non-hydrogen) atoms. The van der Waals surface area contributed by atoms with Crippen LogP contribution in [0.25, 0.3) is 0 Å². The van der Waals surface area contributed by atoms with Gasteiger partial charge in [0.25, 0.3) is 0 Å². The number of aromatic nitrogens is 1. The zero-order valence-corrected chi connectivity index (χ0v) is 18.3. The molecule has 0 fully saturated rings. The third-order valence-corrected chi connectivity index (χ3v) is 6.03. The molecule has 2 atom stereocenters. The first-order valence-electron chi connectivity index (χ1n) is 10.8. The van der Waals surface area contributed by atoms with Gasteiger partial charge < -0.3 is 10.1 Å². The van der Waals surface area contributed by atoms with Crippen LogP contribution in [0.4, 0.5) is 0 Å². The Labute approximate surface area is 183 Å². The number of ether oxygens (including phenoxy) is 1. The molecule has 4 rings (SSSR count). The molecular formula is C26H29N2O3+. The number of pyridine rings is 1. The largest absolute Gasteiger partial charge is 0.462 e. The molecule has 2 heterocycles. The van der Waals surface area contributed by atoms with Crippen LogP contribution in [0.3, 0.4) is 0 Å². The second kappa shape index (κ2) is 8.50. The summed E-state index contributed by atoms with van der Waals surface area (Å²) in [5.41, 5.74) is 4.01. The minimum Gasteiger partial charge on any atom is -0.462 e. The number of ketones is 1. The van der Waals surface area contributed by atoms with Crippen LogP contribution in [-0.2, 0) is 20.7 Å². The number of carbonyl (C=O) groups is 2. The van der Waals surface area contributed by atoms with Crippen LogP contribution < -0.4 is 10.3 Å². The maximum atomic E-state index is 13.2. The topological polar surface area (TPSA) is 69.5 Å². The molecular weight excluding hydrogens is 388 g/mol. The number of allylic oxidation sites excluding steroid dienone is 3. The maximum Gasteiger partial charge on any atom is 0.336 e. The summed E-state index contributed by atoms with van der Waals surface area (Å²) in [5.74, 6) is -0.990. The highest BCUT2D eigenvalue weighted by atomic mass is 16.5. The number of esters is 1. The minimum atomic E-state index is -0.407. The SMILES string of the molecule is CC1=C(C(=O)OCCc2ccccc2)C(c2cc[nH+]cc2)C2C(=O)CC(C)(C)C=C2N1. The molecule has 1 aliphatic heterocycles. The number of nitrogens with one attached hydrogen (secondary N) is 2. The van der Waals surface area contributed by atoms with E-state index in [1.165, 1.54) is 0 Å². The zero-order valence-electron chi connectivity index (χ0n) is 18.3. The van der Waals surface area contributed by atoms with Gasteiger partial charge in [-0.25, -0.2) is 9.78 Å². The summed E-state index contributed by atoms with van der Waals surface area (Å²) in [6.45, 7) is 6.31. The summed E-state index contributed by atoms with van der Waals surface area (Å²) in [4.78, 5) is 29.5. The fraction of sp³-hybridized carbons (Fsp3) is 0.346. The molecule has 160 valence electrons. The van der Waals surface area contributed by atoms with Crippen molar-refractivity contribution in [3.8, 4) is 0 Å². The predicted molar refractivity (Wildman–Crippen MR) is 118 cm³/mol. The van der Waals surface area contributed by atoms with Crippen molar-refractivity contribution in [2.75, 3.05) is 6.61 Å². The number of aromatic amines is 1. The summed E-state index contributed by atoms with van der Waals surface area (Å²) >= 11 is 0. The standard InChI is InChI=1S/C26H28N2O3/c1-17-22(25(30)31-14-11-18-7-5-4-6-8-18)23(19-9-12-27-13-10-19)24-20(28-17)15-26(2,3)16-21(24)29/h4-10,12-13,15,23-24,28H,11,14,16H2,1-3H3/p+1. The maximum absolute atomic E-state index is 13.2. The Morgan fingerprint density at radius 1 is 1.13 bits per heavy atom. The normalized spacial score (nSPS) is 22.3. The van der Waals surface area contributed by atoms with E-state index in [0.717, 1.165) is 22.5 Å². The van der Waals surface area contributed by atoms with Crippen LogP contribution in [0.5, 0.6) is 0 Å². The predicted octanol–water partition coefficient (Wildman–Crippen LogP) is 3.75. The van der Waals surface area contributed by atoms with Crippen LogP contribution in [0.2, 0.25) is 0 Å². The quantitative estimate of drug-likeness (QED) is 0.753. The summed E-state index contributed by atoms with van der Waals surface area (Å²) in [7, 11) is 0. The average Bonchev–Trinajstić information content (AvgIpc) is 2.73. The molecule has 0 radical (unpaired) electrons. The molecule has 0 spiro atoms. The van der Waals surface area contributed by atoms with E-state index >= 15 is 0 Å². The monoisotopic (exact) mass is 417 g/mol. The molecule has 1 aromatic heterocycles. The van der Waals surface area contributed by atoms with Crippen molar-refractivity contribution in [2.45, 2.75) is 39.5 Å². The van der Waals surface area contributed by atoms with Gasteiger partial charge >= 0.3 is 5.97 Å². The van der Waals surface area contributed by atoms with Gasteiger partial charge in [0.2, 0.25) is 0 Å². The smallest absolute Gasteiger partial charge is 0.336 e. The van der Waals surface area contributed by atoms with Crippen LogP contribution >= 0.6 is 0 Å². The fourth-order valence-corrected chi connectivity index (χ4v) is 4.69. The van der Waals surface area contributed by atoms with Gasteiger partial charge in [-0.3, -0.25) is 4.79 Å². The highest BCUT2D eigenvalue weighted by Crippen LogP contribution is 2.46. The number of fused-ring (bicyclic) bond motifs is 1. The van der Waals surface area contributed by atoms with Crippen molar-refractivity contribution in [1.29, 1.82) is 0 Å². The van der Waals surface area contributed by atoms with E-state index in [1.54, 1.807) is 0 Å². The summed E-state index contributed by atoms with van der Waals surface area (Å²) in [5, 5.41) is 3.35. The third-order valence-electron chi connectivity index (χ3n) is 6.03. The van der Waals surface area contributed by atoms with E-state index in [-0.39, 0.29) is 23.1 Å². The number of benzene rings is 1. The minimum absolute atomic E-state index is 0.148. The van der Waals surface area contributed by atoms with Gasteiger partial charge in [-0.2, -0.15) is 0 Å². The van der Waals surface area contributed by atoms with E-state index in [2.05, 4.69) is 30.2 Å². The van der Waals surface area contributed by atoms with Crippen LogP contribution in [-0.4, -0.2) is 18.4 Å². The van der Waals surface area contributed by atoms with Gasteiger partial charge in [0.15, 0.2) is 12.4 Å². The first-order valence-corrected chi connectivity index (χ1v) is 10.8. The fourth-order valence-electron chi connectivity index (χ4n) is 4.69. The highest BCUT2D eigenvalue weighted by molar-refractivity contribution is 5.96. The van der Waals surface area contributed by atoms with Gasteiger partial charge in [0.1, 0.15) is 5.78 Å². The van der Waals surface area contributed by atoms with Crippen molar-refractivity contribution in [2.24, 2.45) is 11.3 Å². The molecule has 2 N–H and O–H groups in total. The van der Waals surface area contributed by atoms with E-state index in [4.69, 9.17) is 4.74 Å². The summed E-state index contributed by atoms with van der Waals surface area (Å²) in [6.07, 6.45) is 6.90. The van der Waals surface area contributed by atoms with Crippen LogP contribution in [0.15, 0.2) is 77.9 Å². The third kappa shape index (κ3) is 4.46. The van der Waals surface area contributed by atoms with Crippen LogP contribution in [0.1, 0.15) is 44.2 Å². The van der Waals surface area contributed by atoms with Crippen LogP contribution in [0, 0.1) is 11.3 Å². The van der Waals surface area contributed by atoms with Crippen molar-refractivity contribution >= 4 is 11.8 Å². The zero-order chi connectivity index (χ0) is 22.0. The Balaban J connectivity index is 1.66. The Hall–Kier alpha value is -3.21. The molecule has 0 amide bonds. The van der Waals surface area contributed by atoms with Crippen molar-refractivity contribution in [1.82, 2.24) is 5.32 Å². The molecule has 2 aromatic rings. The number of carbonyl (C=O) groups excluding carboxylic acids is 2. The molecule has 0 saturated heterocycles. The lowest BCUT2D eigenvalue weighted by atomic mass is 9.66. The molecule has 5 heteroatoms. The molecule has 2 unspecified atom stereocenters. The molecule has 1 aliphatic carbocycles. The molecule has 1 aromatic carbocycles. The van der Waals surface area contributed by atoms with Crippen molar-refractivity contribution in [3.63, 3.8) is 0 Å². The number of hydrogen-bond donors (Lipinski definition) is 1. The first-order chi connectivity index (χ1) is 14.9. The Kier molecular flexibility index (Phi) is 5.77. The van der Waals surface area contributed by atoms with E-state index < -0.39 is 5.92 Å². The first kappa shape index (κ1) is 21.0. The molecule has 0 saturated carbocycles. The number of hydrogen-bond acceptors (Lipinski definition) is 4. The van der Waals surface area contributed by atoms with E-state index in [9.17, 15) is 9.59 Å². The second-order valence-electron chi connectivity index (χ2n) is 9.06. The van der Waals surface area contributed by atoms with E-state index in [1.807, 2.05) is 61.8 Å². The van der Waals surface area contributed by atoms with Crippen molar-refractivity contribution in [3.05, 3.63) is 89.0 Å². The summed E-state index contributed by atoms with van der Waals surface area (Å²) in [6, 6.07) is 13.8. The van der Waals surface area contributed by atoms with Gasteiger partial charge in [-0.15, -0.1) is 0 Å². The Bertz CT molecular complexity index is 1040. The average molecular weight is 418 g/mol. The Morgan fingerprint density at radius 3 is 2.55 bits per heavy atom. The number of H-pyrrole nitrogens is 1. The molecule has 2 aliphatic rings. The highest BCUT2D eigenvalue weighted by Gasteiger charge is 2.46. The van der Waals surface area contributed by atoms with E-state index in [0.29, 0.717) is 25.0 Å². The molecule has 5 nitrogen and oxygen atoms in total. The Morgan fingerprint density at radius 2 is 1.84 bits per heavy atom. The lowest BCUT2D eigenvalue weighted by Gasteiger charge is -2.41. The molecule has 0 bridgehead atoms. The lowest BCUT2D eigenvalue weighted by molar-refractivity contribution is -0.378.